The molecule has 0 bridgehead atoms. The minimum atomic E-state index is -0.294. The summed E-state index contributed by atoms with van der Waals surface area (Å²) in [5.41, 5.74) is 2.68. The van der Waals surface area contributed by atoms with Gasteiger partial charge in [-0.25, -0.2) is 0 Å². The van der Waals surface area contributed by atoms with Gasteiger partial charge < -0.3 is 19.9 Å². The van der Waals surface area contributed by atoms with Crippen LogP contribution in [0.15, 0.2) is 6.07 Å². The molecule has 0 saturated carbocycles. The lowest BCUT2D eigenvalue weighted by Crippen LogP contribution is -2.42. The maximum absolute atomic E-state index is 11.8. The fourth-order valence-electron chi connectivity index (χ4n) is 1.83. The predicted octanol–water partition coefficient (Wildman–Crippen LogP) is 0.446. The summed E-state index contributed by atoms with van der Waals surface area (Å²) in [5, 5.41) is 14.9. The minimum absolute atomic E-state index is 0.0591. The molecule has 1 amide bonds. The second kappa shape index (κ2) is 7.68. The van der Waals surface area contributed by atoms with Gasteiger partial charge in [0.2, 0.25) is 5.91 Å². The first-order chi connectivity index (χ1) is 9.51. The van der Waals surface area contributed by atoms with Crippen molar-refractivity contribution >= 4 is 5.91 Å². The molecule has 0 saturated heterocycles. The van der Waals surface area contributed by atoms with Crippen molar-refractivity contribution in [1.82, 2.24) is 15.2 Å². The maximum atomic E-state index is 11.8. The number of nitriles is 1. The molecule has 2 N–H and O–H groups in total. The van der Waals surface area contributed by atoms with E-state index in [-0.39, 0.29) is 11.9 Å². The van der Waals surface area contributed by atoms with E-state index in [1.165, 1.54) is 0 Å². The van der Waals surface area contributed by atoms with Crippen LogP contribution < -0.4 is 10.6 Å². The van der Waals surface area contributed by atoms with Crippen LogP contribution in [0.2, 0.25) is 0 Å². The molecule has 1 heterocycles. The monoisotopic (exact) mass is 278 g/mol. The lowest BCUT2D eigenvalue weighted by molar-refractivity contribution is -0.122. The smallest absolute Gasteiger partial charge is 0.236 e. The van der Waals surface area contributed by atoms with Crippen LogP contribution in [0.5, 0.6) is 0 Å². The van der Waals surface area contributed by atoms with Crippen LogP contribution in [0.25, 0.3) is 0 Å². The van der Waals surface area contributed by atoms with Gasteiger partial charge in [-0.15, -0.1) is 0 Å². The zero-order valence-electron chi connectivity index (χ0n) is 12.5. The molecule has 0 aromatic carbocycles. The summed E-state index contributed by atoms with van der Waals surface area (Å²) in [6.45, 7) is 5.33. The Bertz CT molecular complexity index is 502. The average molecular weight is 278 g/mol. The van der Waals surface area contributed by atoms with E-state index in [0.29, 0.717) is 25.4 Å². The highest BCUT2D eigenvalue weighted by Gasteiger charge is 2.14. The Labute approximate surface area is 119 Å². The van der Waals surface area contributed by atoms with Crippen LogP contribution in [0.1, 0.15) is 23.9 Å². The van der Waals surface area contributed by atoms with E-state index < -0.39 is 0 Å². The molecule has 20 heavy (non-hydrogen) atoms. The van der Waals surface area contributed by atoms with Crippen molar-refractivity contribution < 1.29 is 9.53 Å². The van der Waals surface area contributed by atoms with Crippen LogP contribution in [0.3, 0.4) is 0 Å². The summed E-state index contributed by atoms with van der Waals surface area (Å²) >= 11 is 0. The van der Waals surface area contributed by atoms with Gasteiger partial charge in [0.25, 0.3) is 0 Å². The normalized spacial score (nSPS) is 11.9. The number of rotatable bonds is 7. The molecule has 1 rings (SSSR count). The van der Waals surface area contributed by atoms with Crippen molar-refractivity contribution in [1.29, 1.82) is 5.26 Å². The van der Waals surface area contributed by atoms with Crippen LogP contribution >= 0.6 is 0 Å². The largest absolute Gasteiger partial charge is 0.383 e. The number of amides is 1. The first kappa shape index (κ1) is 16.2. The van der Waals surface area contributed by atoms with Gasteiger partial charge in [-0.3, -0.25) is 4.79 Å². The van der Waals surface area contributed by atoms with E-state index in [2.05, 4.69) is 16.7 Å². The Kier molecular flexibility index (Phi) is 6.22. The average Bonchev–Trinajstić information content (AvgIpc) is 2.72. The van der Waals surface area contributed by atoms with Crippen molar-refractivity contribution in [3.63, 3.8) is 0 Å². The van der Waals surface area contributed by atoms with Crippen LogP contribution in [0, 0.1) is 18.3 Å². The molecule has 1 atom stereocenters. The van der Waals surface area contributed by atoms with Crippen LogP contribution in [-0.4, -0.2) is 36.8 Å². The number of nitrogens with zero attached hydrogens (tertiary/aromatic N) is 2. The first-order valence-corrected chi connectivity index (χ1v) is 6.56. The van der Waals surface area contributed by atoms with E-state index >= 15 is 0 Å². The Morgan fingerprint density at radius 2 is 2.30 bits per heavy atom. The predicted molar refractivity (Wildman–Crippen MR) is 76.1 cm³/mol. The molecule has 0 aliphatic heterocycles. The van der Waals surface area contributed by atoms with E-state index in [0.717, 1.165) is 11.3 Å². The second-order valence-electron chi connectivity index (χ2n) is 4.70. The quantitative estimate of drug-likeness (QED) is 0.710. The Morgan fingerprint density at radius 3 is 2.85 bits per heavy atom. The number of carbonyl (C=O) groups is 1. The second-order valence-corrected chi connectivity index (χ2v) is 4.70. The molecule has 1 unspecified atom stereocenters. The van der Waals surface area contributed by atoms with Crippen molar-refractivity contribution in [2.24, 2.45) is 7.05 Å². The zero-order valence-corrected chi connectivity index (χ0v) is 12.5. The number of carbonyl (C=O) groups excluding carboxylic acids is 1. The first-order valence-electron chi connectivity index (χ1n) is 6.56. The standard InChI is InChI=1S/C14H22N4O2/c1-10(14(19)16-5-6-20-4)17-9-12-7-13(8-15)18(3)11(12)2/h7,10,17H,5-6,9H2,1-4H3,(H,16,19). The van der Waals surface area contributed by atoms with E-state index in [9.17, 15) is 4.79 Å². The summed E-state index contributed by atoms with van der Waals surface area (Å²) in [6, 6.07) is 3.69. The molecule has 1 aromatic heterocycles. The number of methoxy groups -OCH3 is 1. The highest BCUT2D eigenvalue weighted by Crippen LogP contribution is 2.13. The van der Waals surface area contributed by atoms with Crippen molar-refractivity contribution in [2.75, 3.05) is 20.3 Å². The maximum Gasteiger partial charge on any atom is 0.236 e. The molecule has 110 valence electrons. The van der Waals surface area contributed by atoms with Gasteiger partial charge >= 0.3 is 0 Å². The number of nitrogens with one attached hydrogen (secondary N) is 2. The van der Waals surface area contributed by atoms with E-state index in [1.54, 1.807) is 7.11 Å². The van der Waals surface area contributed by atoms with Gasteiger partial charge in [-0.2, -0.15) is 5.26 Å². The Balaban J connectivity index is 2.51. The fraction of sp³-hybridized carbons (Fsp3) is 0.571. The summed E-state index contributed by atoms with van der Waals surface area (Å²) in [7, 11) is 3.46. The number of hydrogen-bond acceptors (Lipinski definition) is 4. The van der Waals surface area contributed by atoms with Crippen LogP contribution in [0.4, 0.5) is 0 Å². The third kappa shape index (κ3) is 4.08. The topological polar surface area (TPSA) is 79.1 Å². The van der Waals surface area contributed by atoms with Crippen molar-refractivity contribution in [2.45, 2.75) is 26.4 Å². The molecule has 0 radical (unpaired) electrons. The van der Waals surface area contributed by atoms with E-state index in [4.69, 9.17) is 10.00 Å². The third-order valence-electron chi connectivity index (χ3n) is 3.35. The molecular formula is C14H22N4O2. The minimum Gasteiger partial charge on any atom is -0.383 e. The Morgan fingerprint density at radius 1 is 1.60 bits per heavy atom. The Hall–Kier alpha value is -1.84. The molecule has 6 nitrogen and oxygen atoms in total. The molecule has 0 aliphatic carbocycles. The lowest BCUT2D eigenvalue weighted by Gasteiger charge is -2.14. The van der Waals surface area contributed by atoms with Gasteiger partial charge in [0.05, 0.1) is 12.6 Å². The summed E-state index contributed by atoms with van der Waals surface area (Å²) in [4.78, 5) is 11.8. The zero-order chi connectivity index (χ0) is 15.1. The van der Waals surface area contributed by atoms with Gasteiger partial charge in [0.15, 0.2) is 0 Å². The number of hydrogen-bond donors (Lipinski definition) is 2. The van der Waals surface area contributed by atoms with Gasteiger partial charge in [0, 0.05) is 32.9 Å². The van der Waals surface area contributed by atoms with Gasteiger partial charge in [-0.05, 0) is 25.5 Å². The molecule has 0 spiro atoms. The SMILES string of the molecule is COCCNC(=O)C(C)NCc1cc(C#N)n(C)c1C. The number of ether oxygens (including phenoxy) is 1. The van der Waals surface area contributed by atoms with Gasteiger partial charge in [-0.1, -0.05) is 0 Å². The van der Waals surface area contributed by atoms with E-state index in [1.807, 2.05) is 31.5 Å². The highest BCUT2D eigenvalue weighted by molar-refractivity contribution is 5.81. The molecule has 0 fully saturated rings. The lowest BCUT2D eigenvalue weighted by atomic mass is 10.2. The van der Waals surface area contributed by atoms with Crippen LogP contribution in [-0.2, 0) is 23.1 Å². The van der Waals surface area contributed by atoms with Crippen molar-refractivity contribution in [3.8, 4) is 6.07 Å². The molecular weight excluding hydrogens is 256 g/mol. The molecule has 6 heteroatoms. The third-order valence-corrected chi connectivity index (χ3v) is 3.35. The molecule has 0 aliphatic rings. The number of aromatic nitrogens is 1. The molecule has 1 aromatic rings. The van der Waals surface area contributed by atoms with Crippen molar-refractivity contribution in [3.05, 3.63) is 23.0 Å². The highest BCUT2D eigenvalue weighted by atomic mass is 16.5. The summed E-state index contributed by atoms with van der Waals surface area (Å²) < 4.78 is 6.72. The fourth-order valence-corrected chi connectivity index (χ4v) is 1.83. The van der Waals surface area contributed by atoms with Gasteiger partial charge in [0.1, 0.15) is 11.8 Å². The summed E-state index contributed by atoms with van der Waals surface area (Å²) in [5.74, 6) is -0.0591. The summed E-state index contributed by atoms with van der Waals surface area (Å²) in [6.07, 6.45) is 0.